The summed E-state index contributed by atoms with van der Waals surface area (Å²) in [4.78, 5) is 10.7. The molecule has 0 unspecified atom stereocenters. The van der Waals surface area contributed by atoms with Crippen molar-refractivity contribution in [2.45, 2.75) is 4.90 Å². The van der Waals surface area contributed by atoms with Gasteiger partial charge in [-0.15, -0.1) is 12.6 Å². The Morgan fingerprint density at radius 1 is 1.43 bits per heavy atom. The monoisotopic (exact) mass is 227 g/mol. The van der Waals surface area contributed by atoms with Gasteiger partial charge >= 0.3 is 0 Å². The van der Waals surface area contributed by atoms with Crippen molar-refractivity contribution in [3.8, 4) is 5.06 Å². The zero-order valence-corrected chi connectivity index (χ0v) is 8.51. The number of thiol groups is 1. The van der Waals surface area contributed by atoms with Gasteiger partial charge < -0.3 is 5.11 Å². The lowest BCUT2D eigenvalue weighted by Crippen LogP contribution is -1.87. The Bertz CT molecular complexity index is 521. The molecule has 0 aliphatic rings. The zero-order valence-electron chi connectivity index (χ0n) is 6.80. The van der Waals surface area contributed by atoms with Gasteiger partial charge in [-0.2, -0.15) is 0 Å². The van der Waals surface area contributed by atoms with E-state index in [9.17, 15) is 15.2 Å². The molecule has 0 bridgehead atoms. The average molecular weight is 227 g/mol. The number of fused-ring (bicyclic) bond motifs is 1. The number of nitrogens with zero attached hydrogens (tertiary/aromatic N) is 1. The quantitative estimate of drug-likeness (QED) is 0.447. The molecule has 0 saturated carbocycles. The highest BCUT2D eigenvalue weighted by atomic mass is 32.1. The molecule has 0 amide bonds. The van der Waals surface area contributed by atoms with Gasteiger partial charge in [0.15, 0.2) is 5.06 Å². The second-order valence-corrected chi connectivity index (χ2v) is 4.27. The highest BCUT2D eigenvalue weighted by Gasteiger charge is 2.15. The predicted octanol–water partition coefficient (Wildman–Crippen LogP) is 2.80. The minimum Gasteiger partial charge on any atom is -0.499 e. The van der Waals surface area contributed by atoms with Crippen LogP contribution in [0.1, 0.15) is 0 Å². The Morgan fingerprint density at radius 3 is 2.79 bits per heavy atom. The molecule has 72 valence electrons. The van der Waals surface area contributed by atoms with Gasteiger partial charge in [-0.25, -0.2) is 0 Å². The van der Waals surface area contributed by atoms with E-state index in [1.807, 2.05) is 0 Å². The number of hydrogen-bond acceptors (Lipinski definition) is 5. The maximum atomic E-state index is 10.7. The van der Waals surface area contributed by atoms with Crippen LogP contribution < -0.4 is 0 Å². The van der Waals surface area contributed by atoms with Crippen LogP contribution in [0.15, 0.2) is 23.1 Å². The van der Waals surface area contributed by atoms with Crippen molar-refractivity contribution in [2.75, 3.05) is 0 Å². The van der Waals surface area contributed by atoms with Crippen LogP contribution in [0.25, 0.3) is 10.1 Å². The number of non-ortho nitro benzene ring substituents is 1. The van der Waals surface area contributed by atoms with Crippen LogP contribution in [-0.2, 0) is 0 Å². The molecule has 14 heavy (non-hydrogen) atoms. The molecular weight excluding hydrogens is 222 g/mol. The van der Waals surface area contributed by atoms with Crippen molar-refractivity contribution in [2.24, 2.45) is 0 Å². The molecule has 0 aliphatic heterocycles. The van der Waals surface area contributed by atoms with E-state index in [2.05, 4.69) is 12.6 Å². The van der Waals surface area contributed by atoms with Crippen LogP contribution in [0.2, 0.25) is 0 Å². The largest absolute Gasteiger partial charge is 0.499 e. The minimum atomic E-state index is -0.474. The van der Waals surface area contributed by atoms with Crippen molar-refractivity contribution in [3.63, 3.8) is 0 Å². The molecule has 2 rings (SSSR count). The molecule has 0 fully saturated rings. The normalized spacial score (nSPS) is 10.6. The highest BCUT2D eigenvalue weighted by molar-refractivity contribution is 7.80. The van der Waals surface area contributed by atoms with Gasteiger partial charge in [0.1, 0.15) is 4.70 Å². The number of hydrogen-bond donors (Lipinski definition) is 2. The van der Waals surface area contributed by atoms with Crippen LogP contribution in [0, 0.1) is 10.1 Å². The smallest absolute Gasteiger partial charge is 0.288 e. The summed E-state index contributed by atoms with van der Waals surface area (Å²) in [6.07, 6.45) is 0. The Labute approximate surface area is 88.4 Å². The van der Waals surface area contributed by atoms with Crippen molar-refractivity contribution < 1.29 is 10.0 Å². The van der Waals surface area contributed by atoms with Crippen LogP contribution in [-0.4, -0.2) is 10.0 Å². The third-order valence-electron chi connectivity index (χ3n) is 1.77. The lowest BCUT2D eigenvalue weighted by molar-refractivity contribution is -0.383. The summed E-state index contributed by atoms with van der Waals surface area (Å²) in [7, 11) is 0. The second-order valence-electron chi connectivity index (χ2n) is 2.72. The summed E-state index contributed by atoms with van der Waals surface area (Å²) >= 11 is 5.05. The number of thiophene rings is 1. The third kappa shape index (κ3) is 1.42. The van der Waals surface area contributed by atoms with E-state index < -0.39 is 4.92 Å². The SMILES string of the molecule is O=[N+]([O-])c1cc(S)cc2cc(O)sc12. The fraction of sp³-hybridized carbons (Fsp3) is 0. The standard InChI is InChI=1S/C8H5NO3S2/c10-7-2-4-1-5(13)3-6(9(11)12)8(4)14-7/h1-3,10,13H. The van der Waals surface area contributed by atoms with Gasteiger partial charge in [-0.1, -0.05) is 11.3 Å². The molecule has 0 radical (unpaired) electrons. The van der Waals surface area contributed by atoms with Gasteiger partial charge in [-0.05, 0) is 12.1 Å². The first-order valence-corrected chi connectivity index (χ1v) is 4.94. The Kier molecular flexibility index (Phi) is 2.09. The third-order valence-corrected chi connectivity index (χ3v) is 3.00. The molecule has 1 aromatic heterocycles. The van der Waals surface area contributed by atoms with Crippen molar-refractivity contribution in [1.82, 2.24) is 0 Å². The minimum absolute atomic E-state index is 0.0159. The van der Waals surface area contributed by atoms with E-state index in [4.69, 9.17) is 0 Å². The number of aromatic hydroxyl groups is 1. The second kappa shape index (κ2) is 3.14. The van der Waals surface area contributed by atoms with Crippen LogP contribution in [0.4, 0.5) is 5.69 Å². The van der Waals surface area contributed by atoms with Gasteiger partial charge in [0.25, 0.3) is 5.69 Å². The summed E-state index contributed by atoms with van der Waals surface area (Å²) < 4.78 is 0.477. The van der Waals surface area contributed by atoms with E-state index in [0.29, 0.717) is 15.0 Å². The molecule has 6 heteroatoms. The van der Waals surface area contributed by atoms with Crippen LogP contribution >= 0.6 is 24.0 Å². The van der Waals surface area contributed by atoms with Gasteiger partial charge in [0, 0.05) is 16.3 Å². The number of nitro benzene ring substituents is 1. The molecule has 2 aromatic rings. The molecule has 1 heterocycles. The first-order valence-electron chi connectivity index (χ1n) is 3.68. The Balaban J connectivity index is 2.85. The van der Waals surface area contributed by atoms with E-state index >= 15 is 0 Å². The molecule has 4 nitrogen and oxygen atoms in total. The summed E-state index contributed by atoms with van der Waals surface area (Å²) in [5.74, 6) is 0. The highest BCUT2D eigenvalue weighted by Crippen LogP contribution is 2.38. The first kappa shape index (κ1) is 9.29. The summed E-state index contributed by atoms with van der Waals surface area (Å²) in [6.45, 7) is 0. The first-order chi connectivity index (χ1) is 6.58. The van der Waals surface area contributed by atoms with E-state index in [1.54, 1.807) is 6.07 Å². The number of benzene rings is 1. The topological polar surface area (TPSA) is 63.4 Å². The fourth-order valence-electron chi connectivity index (χ4n) is 1.24. The van der Waals surface area contributed by atoms with Crippen LogP contribution in [0.3, 0.4) is 0 Å². The molecule has 0 spiro atoms. The molecule has 0 atom stereocenters. The van der Waals surface area contributed by atoms with E-state index in [1.165, 1.54) is 12.1 Å². The average Bonchev–Trinajstić information content (AvgIpc) is 2.42. The van der Waals surface area contributed by atoms with Crippen LogP contribution in [0.5, 0.6) is 5.06 Å². The predicted molar refractivity (Wildman–Crippen MR) is 57.4 cm³/mol. The molecule has 1 N–H and O–H groups in total. The lowest BCUT2D eigenvalue weighted by Gasteiger charge is -1.94. The number of nitro groups is 1. The van der Waals surface area contributed by atoms with Crippen molar-refractivity contribution in [3.05, 3.63) is 28.3 Å². The molecule has 0 saturated heterocycles. The van der Waals surface area contributed by atoms with Gasteiger partial charge in [0.05, 0.1) is 4.92 Å². The maximum Gasteiger partial charge on any atom is 0.288 e. The fourth-order valence-corrected chi connectivity index (χ4v) is 2.37. The number of rotatable bonds is 1. The Morgan fingerprint density at radius 2 is 2.14 bits per heavy atom. The van der Waals surface area contributed by atoms with Gasteiger partial charge in [0.2, 0.25) is 0 Å². The van der Waals surface area contributed by atoms with Crippen molar-refractivity contribution >= 4 is 39.7 Å². The van der Waals surface area contributed by atoms with Gasteiger partial charge in [-0.3, -0.25) is 10.1 Å². The zero-order chi connectivity index (χ0) is 10.3. The summed E-state index contributed by atoms with van der Waals surface area (Å²) in [6, 6.07) is 4.55. The molecular formula is C8H5NO3S2. The summed E-state index contributed by atoms with van der Waals surface area (Å²) in [5.41, 5.74) is -0.0159. The van der Waals surface area contributed by atoms with E-state index in [0.717, 1.165) is 11.3 Å². The van der Waals surface area contributed by atoms with E-state index in [-0.39, 0.29) is 10.8 Å². The lowest BCUT2D eigenvalue weighted by atomic mass is 10.2. The maximum absolute atomic E-state index is 10.7. The Hall–Kier alpha value is -1.27. The van der Waals surface area contributed by atoms with Crippen molar-refractivity contribution in [1.29, 1.82) is 0 Å². The molecule has 0 aliphatic carbocycles. The molecule has 1 aromatic carbocycles. The summed E-state index contributed by atoms with van der Waals surface area (Å²) in [5, 5.41) is 20.6.